The number of nitrogens with one attached hydrogen (secondary N) is 4. The molecule has 0 aromatic rings. The first kappa shape index (κ1) is 23.4. The Labute approximate surface area is 154 Å². The fourth-order valence-electron chi connectivity index (χ4n) is 1.87. The Balaban J connectivity index is 4.34. The monoisotopic (exact) mass is 366 g/mol. The van der Waals surface area contributed by atoms with Gasteiger partial charge in [0.25, 0.3) is 0 Å². The van der Waals surface area contributed by atoms with Gasteiger partial charge in [0.1, 0.15) is 6.04 Å². The van der Waals surface area contributed by atoms with E-state index in [9.17, 15) is 19.2 Å². The second-order valence-corrected chi connectivity index (χ2v) is 6.16. The van der Waals surface area contributed by atoms with E-state index < -0.39 is 11.9 Å². The van der Waals surface area contributed by atoms with Crippen molar-refractivity contribution in [2.45, 2.75) is 46.6 Å². The zero-order chi connectivity index (χ0) is 19.9. The lowest BCUT2D eigenvalue weighted by Crippen LogP contribution is -2.45. The Morgan fingerprint density at radius 2 is 1.85 bits per heavy atom. The Morgan fingerprint density at radius 1 is 1.15 bits per heavy atom. The lowest BCUT2D eigenvalue weighted by atomic mass is 10.1. The van der Waals surface area contributed by atoms with Crippen molar-refractivity contribution in [2.24, 2.45) is 5.92 Å². The van der Waals surface area contributed by atoms with E-state index >= 15 is 0 Å². The maximum Gasteiger partial charge on any atom is 0.247 e. The summed E-state index contributed by atoms with van der Waals surface area (Å²) in [6.45, 7) is 7.99. The van der Waals surface area contributed by atoms with E-state index in [1.54, 1.807) is 6.92 Å². The zero-order valence-corrected chi connectivity index (χ0v) is 15.9. The van der Waals surface area contributed by atoms with Gasteiger partial charge in [-0.25, -0.2) is 0 Å². The SMILES string of the molecule is CC[C@H](NC(C)=O)C(=O)N/C(C=O)=C/C=C\NCC(=O)NCCC(C)C. The van der Waals surface area contributed by atoms with Crippen LogP contribution in [-0.2, 0) is 19.2 Å². The maximum absolute atomic E-state index is 12.0. The first-order valence-electron chi connectivity index (χ1n) is 8.70. The number of carbonyl (C=O) groups excluding carboxylic acids is 4. The van der Waals surface area contributed by atoms with Crippen molar-refractivity contribution in [2.75, 3.05) is 13.1 Å². The van der Waals surface area contributed by atoms with Gasteiger partial charge in [-0.2, -0.15) is 0 Å². The van der Waals surface area contributed by atoms with Crippen LogP contribution in [0.3, 0.4) is 0 Å². The molecule has 0 unspecified atom stereocenters. The normalized spacial score (nSPS) is 12.6. The van der Waals surface area contributed by atoms with Gasteiger partial charge >= 0.3 is 0 Å². The first-order valence-corrected chi connectivity index (χ1v) is 8.70. The van der Waals surface area contributed by atoms with Crippen LogP contribution in [-0.4, -0.2) is 43.1 Å². The lowest BCUT2D eigenvalue weighted by Gasteiger charge is -2.15. The summed E-state index contributed by atoms with van der Waals surface area (Å²) in [6.07, 6.45) is 6.23. The fourth-order valence-corrected chi connectivity index (χ4v) is 1.87. The van der Waals surface area contributed by atoms with Crippen LogP contribution in [0.2, 0.25) is 0 Å². The molecule has 0 bridgehead atoms. The number of allylic oxidation sites excluding steroid dienone is 3. The molecule has 0 saturated heterocycles. The minimum Gasteiger partial charge on any atom is -0.382 e. The molecule has 3 amide bonds. The third-order valence-corrected chi connectivity index (χ3v) is 3.29. The molecule has 146 valence electrons. The summed E-state index contributed by atoms with van der Waals surface area (Å²) in [5.41, 5.74) is 0.0539. The summed E-state index contributed by atoms with van der Waals surface area (Å²) >= 11 is 0. The Morgan fingerprint density at radius 3 is 2.38 bits per heavy atom. The highest BCUT2D eigenvalue weighted by Gasteiger charge is 2.17. The van der Waals surface area contributed by atoms with Gasteiger partial charge in [0, 0.05) is 13.5 Å². The van der Waals surface area contributed by atoms with Crippen molar-refractivity contribution in [3.8, 4) is 0 Å². The topological polar surface area (TPSA) is 116 Å². The summed E-state index contributed by atoms with van der Waals surface area (Å²) in [6, 6.07) is -0.701. The molecule has 0 aromatic heterocycles. The smallest absolute Gasteiger partial charge is 0.247 e. The summed E-state index contributed by atoms with van der Waals surface area (Å²) in [4.78, 5) is 45.6. The molecule has 0 rings (SSSR count). The van der Waals surface area contributed by atoms with Crippen LogP contribution in [0.25, 0.3) is 0 Å². The summed E-state index contributed by atoms with van der Waals surface area (Å²) in [7, 11) is 0. The average Bonchev–Trinajstić information content (AvgIpc) is 2.57. The molecule has 0 fully saturated rings. The maximum atomic E-state index is 12.0. The minimum atomic E-state index is -0.701. The van der Waals surface area contributed by atoms with Crippen LogP contribution in [0.5, 0.6) is 0 Å². The van der Waals surface area contributed by atoms with Gasteiger partial charge in [0.2, 0.25) is 17.7 Å². The molecule has 8 nitrogen and oxygen atoms in total. The fraction of sp³-hybridized carbons (Fsp3) is 0.556. The van der Waals surface area contributed by atoms with Crippen LogP contribution in [0, 0.1) is 5.92 Å². The minimum absolute atomic E-state index is 0.0539. The van der Waals surface area contributed by atoms with Crippen LogP contribution < -0.4 is 21.3 Å². The van der Waals surface area contributed by atoms with Crippen LogP contribution >= 0.6 is 0 Å². The van der Waals surface area contributed by atoms with Gasteiger partial charge in [0.15, 0.2) is 6.29 Å². The Kier molecular flexibility index (Phi) is 12.2. The Bertz CT molecular complexity index is 541. The van der Waals surface area contributed by atoms with Crippen molar-refractivity contribution in [3.05, 3.63) is 24.0 Å². The van der Waals surface area contributed by atoms with Gasteiger partial charge in [-0.1, -0.05) is 20.8 Å². The number of aldehydes is 1. The molecule has 0 aliphatic heterocycles. The highest BCUT2D eigenvalue weighted by atomic mass is 16.2. The third-order valence-electron chi connectivity index (χ3n) is 3.29. The van der Waals surface area contributed by atoms with Crippen molar-refractivity contribution in [1.82, 2.24) is 21.3 Å². The van der Waals surface area contributed by atoms with Crippen LogP contribution in [0.1, 0.15) is 40.5 Å². The molecule has 0 saturated carbocycles. The van der Waals surface area contributed by atoms with E-state index in [-0.39, 0.29) is 24.1 Å². The van der Waals surface area contributed by atoms with Crippen LogP contribution in [0.15, 0.2) is 24.0 Å². The van der Waals surface area contributed by atoms with Crippen molar-refractivity contribution >= 4 is 24.0 Å². The second kappa shape index (κ2) is 13.6. The molecule has 0 aliphatic rings. The molecule has 0 spiro atoms. The molecule has 1 atom stereocenters. The molecule has 4 N–H and O–H groups in total. The van der Waals surface area contributed by atoms with E-state index in [0.29, 0.717) is 25.2 Å². The number of rotatable bonds is 12. The quantitative estimate of drug-likeness (QED) is 0.226. The summed E-state index contributed by atoms with van der Waals surface area (Å²) < 4.78 is 0. The number of carbonyl (C=O) groups is 4. The number of hydrogen-bond donors (Lipinski definition) is 4. The average molecular weight is 366 g/mol. The Hall–Kier alpha value is -2.64. The molecular weight excluding hydrogens is 336 g/mol. The van der Waals surface area contributed by atoms with E-state index in [2.05, 4.69) is 35.1 Å². The second-order valence-electron chi connectivity index (χ2n) is 6.16. The predicted molar refractivity (Wildman–Crippen MR) is 99.8 cm³/mol. The molecule has 0 aromatic carbocycles. The largest absolute Gasteiger partial charge is 0.382 e. The summed E-state index contributed by atoms with van der Waals surface area (Å²) in [5.74, 6) is -0.376. The highest BCUT2D eigenvalue weighted by molar-refractivity contribution is 5.91. The lowest BCUT2D eigenvalue weighted by molar-refractivity contribution is -0.127. The number of amides is 3. The van der Waals surface area contributed by atoms with Crippen molar-refractivity contribution in [3.63, 3.8) is 0 Å². The summed E-state index contributed by atoms with van der Waals surface area (Å²) in [5, 5.41) is 10.5. The van der Waals surface area contributed by atoms with E-state index in [4.69, 9.17) is 0 Å². The van der Waals surface area contributed by atoms with Crippen molar-refractivity contribution < 1.29 is 19.2 Å². The van der Waals surface area contributed by atoms with Gasteiger partial charge < -0.3 is 21.3 Å². The molecular formula is C18H30N4O4. The van der Waals surface area contributed by atoms with Gasteiger partial charge in [-0.05, 0) is 37.1 Å². The third kappa shape index (κ3) is 11.8. The van der Waals surface area contributed by atoms with Crippen LogP contribution in [0.4, 0.5) is 0 Å². The van der Waals surface area contributed by atoms with Gasteiger partial charge in [-0.15, -0.1) is 0 Å². The first-order chi connectivity index (χ1) is 12.3. The van der Waals surface area contributed by atoms with Crippen molar-refractivity contribution in [1.29, 1.82) is 0 Å². The standard InChI is InChI=1S/C18H30N4O4/c1-5-16(21-14(4)24)18(26)22-15(12-23)7-6-9-19-11-17(25)20-10-8-13(2)3/h6-7,9,12-13,16,19H,5,8,10-11H2,1-4H3,(H,20,25)(H,21,24)(H,22,26)/b9-6-,15-7+/t16-/m0/s1. The predicted octanol–water partition coefficient (Wildman–Crippen LogP) is 0.366. The zero-order valence-electron chi connectivity index (χ0n) is 15.9. The number of hydrogen-bond acceptors (Lipinski definition) is 5. The molecule has 0 heterocycles. The van der Waals surface area contributed by atoms with E-state index in [1.807, 2.05) is 0 Å². The van der Waals surface area contributed by atoms with E-state index in [0.717, 1.165) is 6.42 Å². The van der Waals surface area contributed by atoms with Gasteiger partial charge in [0.05, 0.1) is 12.2 Å². The molecule has 0 radical (unpaired) electrons. The molecule has 26 heavy (non-hydrogen) atoms. The highest BCUT2D eigenvalue weighted by Crippen LogP contribution is 1.96. The molecule has 0 aliphatic carbocycles. The van der Waals surface area contributed by atoms with E-state index in [1.165, 1.54) is 25.3 Å². The van der Waals surface area contributed by atoms with Gasteiger partial charge in [-0.3, -0.25) is 19.2 Å². The molecule has 8 heteroatoms.